The minimum atomic E-state index is -0.677. The number of methoxy groups -OCH3 is 1. The molecule has 0 aliphatic rings. The van der Waals surface area contributed by atoms with Crippen molar-refractivity contribution in [2.45, 2.75) is 4.43 Å². The minimum absolute atomic E-state index is 0.0529. The topological polar surface area (TPSA) is 126 Å². The van der Waals surface area contributed by atoms with Crippen molar-refractivity contribution < 1.29 is 14.6 Å². The van der Waals surface area contributed by atoms with Crippen molar-refractivity contribution in [1.29, 1.82) is 0 Å². The van der Waals surface area contributed by atoms with Gasteiger partial charge in [0.25, 0.3) is 5.91 Å². The first-order valence-corrected chi connectivity index (χ1v) is 9.76. The van der Waals surface area contributed by atoms with Crippen LogP contribution in [-0.2, 0) is 4.43 Å². The van der Waals surface area contributed by atoms with Gasteiger partial charge in [0.15, 0.2) is 23.1 Å². The van der Waals surface area contributed by atoms with Crippen LogP contribution in [0.5, 0.6) is 11.5 Å². The molecule has 0 radical (unpaired) electrons. The maximum atomic E-state index is 12.0. The molecule has 3 aromatic rings. The van der Waals surface area contributed by atoms with Crippen LogP contribution in [0.4, 0.5) is 17.3 Å². The quantitative estimate of drug-likeness (QED) is 0.228. The summed E-state index contributed by atoms with van der Waals surface area (Å²) < 4.78 is 5.93. The summed E-state index contributed by atoms with van der Waals surface area (Å²) in [7, 11) is 1.46. The lowest BCUT2D eigenvalue weighted by Gasteiger charge is -2.06. The van der Waals surface area contributed by atoms with Crippen LogP contribution >= 0.6 is 22.6 Å². The fraction of sp³-hybridized carbons (Fsp3) is 0.105. The molecule has 0 unspecified atom stereocenters. The molecule has 1 amide bonds. The van der Waals surface area contributed by atoms with Gasteiger partial charge in [-0.3, -0.25) is 9.89 Å². The lowest BCUT2D eigenvalue weighted by molar-refractivity contribution is 0.100. The number of nitrogens with two attached hydrogens (primary N) is 1. The number of para-hydroxylation sites is 1. The Hall–Kier alpha value is -3.08. The molecule has 0 aliphatic carbocycles. The Kier molecular flexibility index (Phi) is 6.14. The van der Waals surface area contributed by atoms with Crippen molar-refractivity contribution in [2.24, 2.45) is 10.7 Å². The highest BCUT2D eigenvalue weighted by Gasteiger charge is 2.18. The van der Waals surface area contributed by atoms with Crippen molar-refractivity contribution in [2.75, 3.05) is 12.4 Å². The van der Waals surface area contributed by atoms with Crippen LogP contribution in [-0.4, -0.2) is 34.5 Å². The minimum Gasteiger partial charge on any atom is -0.504 e. The molecule has 8 nitrogen and oxygen atoms in total. The molecule has 144 valence electrons. The van der Waals surface area contributed by atoms with Gasteiger partial charge in [-0.2, -0.15) is 5.10 Å². The molecular weight excluding hydrogens is 473 g/mol. The van der Waals surface area contributed by atoms with Crippen LogP contribution in [0.15, 0.2) is 47.5 Å². The van der Waals surface area contributed by atoms with E-state index in [0.29, 0.717) is 11.3 Å². The zero-order chi connectivity index (χ0) is 20.1. The number of aromatic amines is 1. The third kappa shape index (κ3) is 4.25. The van der Waals surface area contributed by atoms with Gasteiger partial charge in [-0.25, -0.2) is 4.99 Å². The van der Waals surface area contributed by atoms with Crippen LogP contribution in [0.3, 0.4) is 0 Å². The van der Waals surface area contributed by atoms with Crippen LogP contribution < -0.4 is 15.8 Å². The standard InChI is InChI=1S/C19H18IN5O3/c1-28-14-7-3-5-12(16(14)26)10-22-18-15(17(21)27)19(25-24-18)23-13-6-2-4-11(8-13)9-20/h2-8,10,26H,9H2,1H3,(H2,21,27)(H2,23,24,25)/b22-10+. The van der Waals surface area contributed by atoms with Gasteiger partial charge in [-0.05, 0) is 29.8 Å². The van der Waals surface area contributed by atoms with E-state index in [9.17, 15) is 9.90 Å². The Morgan fingerprint density at radius 1 is 1.39 bits per heavy atom. The summed E-state index contributed by atoms with van der Waals surface area (Å²) >= 11 is 2.27. The van der Waals surface area contributed by atoms with Crippen LogP contribution in [0, 0.1) is 0 Å². The van der Waals surface area contributed by atoms with Crippen molar-refractivity contribution in [3.05, 3.63) is 59.2 Å². The second-order valence-corrected chi connectivity index (χ2v) is 6.54. The van der Waals surface area contributed by atoms with Gasteiger partial charge in [-0.1, -0.05) is 40.8 Å². The number of rotatable bonds is 7. The molecule has 5 N–H and O–H groups in total. The first kappa shape index (κ1) is 19.7. The number of nitrogens with one attached hydrogen (secondary N) is 2. The number of hydrogen-bond donors (Lipinski definition) is 4. The Bertz CT molecular complexity index is 1030. The van der Waals surface area contributed by atoms with E-state index in [-0.39, 0.29) is 22.9 Å². The number of ether oxygens (including phenoxy) is 1. The number of aliphatic imine (C=N–C) groups is 1. The smallest absolute Gasteiger partial charge is 0.256 e. The second kappa shape index (κ2) is 8.74. The fourth-order valence-electron chi connectivity index (χ4n) is 2.56. The van der Waals surface area contributed by atoms with E-state index in [1.807, 2.05) is 24.3 Å². The summed E-state index contributed by atoms with van der Waals surface area (Å²) in [5.41, 5.74) is 7.99. The number of benzene rings is 2. The molecule has 0 atom stereocenters. The zero-order valence-corrected chi connectivity index (χ0v) is 17.1. The number of aromatic nitrogens is 2. The summed E-state index contributed by atoms with van der Waals surface area (Å²) in [6.45, 7) is 0. The summed E-state index contributed by atoms with van der Waals surface area (Å²) in [5, 5.41) is 20.0. The van der Waals surface area contributed by atoms with Gasteiger partial charge in [0, 0.05) is 21.9 Å². The van der Waals surface area contributed by atoms with Gasteiger partial charge in [0.1, 0.15) is 5.56 Å². The van der Waals surface area contributed by atoms with Crippen LogP contribution in [0.25, 0.3) is 0 Å². The Morgan fingerprint density at radius 3 is 2.89 bits per heavy atom. The molecule has 0 aliphatic heterocycles. The van der Waals surface area contributed by atoms with Gasteiger partial charge < -0.3 is 20.9 Å². The number of primary amides is 1. The number of halogens is 1. The van der Waals surface area contributed by atoms with Gasteiger partial charge in [0.2, 0.25) is 0 Å². The van der Waals surface area contributed by atoms with E-state index in [1.54, 1.807) is 18.2 Å². The number of alkyl halides is 1. The van der Waals surface area contributed by atoms with Crippen molar-refractivity contribution in [1.82, 2.24) is 10.2 Å². The summed E-state index contributed by atoms with van der Waals surface area (Å²) in [6, 6.07) is 12.8. The predicted molar refractivity (Wildman–Crippen MR) is 116 cm³/mol. The number of aromatic hydroxyl groups is 1. The second-order valence-electron chi connectivity index (χ2n) is 5.78. The van der Waals surface area contributed by atoms with Gasteiger partial charge in [0.05, 0.1) is 7.11 Å². The molecule has 3 rings (SSSR count). The van der Waals surface area contributed by atoms with Crippen LogP contribution in [0.2, 0.25) is 0 Å². The number of H-pyrrole nitrogens is 1. The molecule has 1 aromatic heterocycles. The number of carbonyl (C=O) groups excluding carboxylic acids is 1. The van der Waals surface area contributed by atoms with Gasteiger partial charge in [-0.15, -0.1) is 0 Å². The third-order valence-corrected chi connectivity index (χ3v) is 4.80. The predicted octanol–water partition coefficient (Wildman–Crippen LogP) is 3.65. The van der Waals surface area contributed by atoms with Crippen molar-refractivity contribution in [3.63, 3.8) is 0 Å². The first-order chi connectivity index (χ1) is 13.5. The maximum absolute atomic E-state index is 12.0. The van der Waals surface area contributed by atoms with Gasteiger partial charge >= 0.3 is 0 Å². The average molecular weight is 491 g/mol. The average Bonchev–Trinajstić information content (AvgIpc) is 3.10. The third-order valence-electron chi connectivity index (χ3n) is 3.92. The first-order valence-electron chi connectivity index (χ1n) is 8.23. The van der Waals surface area contributed by atoms with E-state index >= 15 is 0 Å². The number of carbonyl (C=O) groups is 1. The highest BCUT2D eigenvalue weighted by Crippen LogP contribution is 2.30. The van der Waals surface area contributed by atoms with Crippen molar-refractivity contribution in [3.8, 4) is 11.5 Å². The Labute approximate surface area is 175 Å². The van der Waals surface area contributed by atoms with E-state index in [1.165, 1.54) is 13.3 Å². The number of nitrogens with zero attached hydrogens (tertiary/aromatic N) is 2. The molecule has 28 heavy (non-hydrogen) atoms. The molecule has 0 saturated heterocycles. The SMILES string of the molecule is COc1cccc(/C=N/c2[nH]nc(Nc3cccc(CI)c3)c2C(N)=O)c1O. The zero-order valence-electron chi connectivity index (χ0n) is 14.9. The number of anilines is 2. The summed E-state index contributed by atoms with van der Waals surface area (Å²) in [5.74, 6) is 0.0507. The molecule has 0 bridgehead atoms. The molecule has 0 saturated carbocycles. The lowest BCUT2D eigenvalue weighted by atomic mass is 10.2. The molecule has 9 heteroatoms. The molecule has 2 aromatic carbocycles. The van der Waals surface area contributed by atoms with Crippen molar-refractivity contribution >= 4 is 52.0 Å². The largest absolute Gasteiger partial charge is 0.504 e. The molecule has 1 heterocycles. The fourth-order valence-corrected chi connectivity index (χ4v) is 3.04. The van der Waals surface area contributed by atoms with Crippen LogP contribution in [0.1, 0.15) is 21.5 Å². The molecule has 0 fully saturated rings. The Balaban J connectivity index is 1.92. The molecule has 0 spiro atoms. The summed E-state index contributed by atoms with van der Waals surface area (Å²) in [4.78, 5) is 16.2. The summed E-state index contributed by atoms with van der Waals surface area (Å²) in [6.07, 6.45) is 1.40. The number of phenolic OH excluding ortho intramolecular Hbond substituents is 1. The molecular formula is C19H18IN5O3. The lowest BCUT2D eigenvalue weighted by Crippen LogP contribution is -2.12. The maximum Gasteiger partial charge on any atom is 0.256 e. The van der Waals surface area contributed by atoms with E-state index < -0.39 is 5.91 Å². The number of hydrogen-bond acceptors (Lipinski definition) is 6. The normalized spacial score (nSPS) is 10.9. The monoisotopic (exact) mass is 491 g/mol. The van der Waals surface area contributed by atoms with E-state index in [4.69, 9.17) is 10.5 Å². The highest BCUT2D eigenvalue weighted by atomic mass is 127. The van der Waals surface area contributed by atoms with E-state index in [2.05, 4.69) is 43.1 Å². The number of phenols is 1. The Morgan fingerprint density at radius 2 is 2.18 bits per heavy atom. The van der Waals surface area contributed by atoms with E-state index in [0.717, 1.165) is 15.7 Å². The number of amides is 1. The highest BCUT2D eigenvalue weighted by molar-refractivity contribution is 14.1.